The van der Waals surface area contributed by atoms with Gasteiger partial charge in [0, 0.05) is 0 Å². The third-order valence-electron chi connectivity index (χ3n) is 6.99. The van der Waals surface area contributed by atoms with Crippen molar-refractivity contribution in [1.82, 2.24) is 0 Å². The summed E-state index contributed by atoms with van der Waals surface area (Å²) in [6.45, 7) is 10.3. The number of methoxy groups -OCH3 is 1. The molecule has 0 bridgehead atoms. The van der Waals surface area contributed by atoms with Crippen molar-refractivity contribution in [2.75, 3.05) is 7.11 Å². The number of rotatable bonds is 4. The summed E-state index contributed by atoms with van der Waals surface area (Å²) in [5.41, 5.74) is 1.82. The van der Waals surface area contributed by atoms with E-state index in [1.165, 1.54) is 12.7 Å². The second kappa shape index (κ2) is 7.59. The molecule has 1 saturated heterocycles. The fraction of sp³-hybridized carbons (Fsp3) is 0.682. The highest BCUT2D eigenvalue weighted by Crippen LogP contribution is 2.39. The standard InChI is InChI=1S/C22H33BO4/c1-15(20(24)25-6)16-7-9-17(10-8-16)18-11-13-19(14-12-18)23-26-21(2,3)22(4,5)27-23/h11-17H,7-10H2,1-6H3/t15?,16-,17-. The lowest BCUT2D eigenvalue weighted by molar-refractivity contribution is -0.147. The van der Waals surface area contributed by atoms with E-state index < -0.39 is 0 Å². The van der Waals surface area contributed by atoms with Crippen molar-refractivity contribution in [1.29, 1.82) is 0 Å². The Bertz CT molecular complexity index is 643. The summed E-state index contributed by atoms with van der Waals surface area (Å²) in [6.07, 6.45) is 4.42. The van der Waals surface area contributed by atoms with Crippen molar-refractivity contribution in [3.05, 3.63) is 29.8 Å². The highest BCUT2D eigenvalue weighted by atomic mass is 16.7. The number of carbonyl (C=O) groups is 1. The van der Waals surface area contributed by atoms with Gasteiger partial charge in [-0.15, -0.1) is 0 Å². The van der Waals surface area contributed by atoms with E-state index in [2.05, 4.69) is 52.0 Å². The topological polar surface area (TPSA) is 44.8 Å². The van der Waals surface area contributed by atoms with Crippen molar-refractivity contribution in [2.45, 2.75) is 77.4 Å². The van der Waals surface area contributed by atoms with Crippen LogP contribution in [-0.4, -0.2) is 31.4 Å². The summed E-state index contributed by atoms with van der Waals surface area (Å²) in [5, 5.41) is 0. The highest BCUT2D eigenvalue weighted by molar-refractivity contribution is 6.62. The molecule has 1 aliphatic heterocycles. The molecule has 2 fully saturated rings. The Balaban J connectivity index is 1.60. The second-order valence-electron chi connectivity index (χ2n) is 9.18. The zero-order chi connectivity index (χ0) is 19.8. The van der Waals surface area contributed by atoms with Crippen LogP contribution >= 0.6 is 0 Å². The van der Waals surface area contributed by atoms with Crippen LogP contribution in [0.1, 0.15) is 71.8 Å². The zero-order valence-electron chi connectivity index (χ0n) is 17.6. The van der Waals surface area contributed by atoms with E-state index in [1.807, 2.05) is 6.92 Å². The number of esters is 1. The normalized spacial score (nSPS) is 28.0. The molecule has 1 unspecified atom stereocenters. The minimum Gasteiger partial charge on any atom is -0.469 e. The first kappa shape index (κ1) is 20.4. The number of hydrogen-bond donors (Lipinski definition) is 0. The summed E-state index contributed by atoms with van der Waals surface area (Å²) in [5.74, 6) is 0.933. The molecule has 0 amide bonds. The van der Waals surface area contributed by atoms with Gasteiger partial charge in [0.2, 0.25) is 0 Å². The summed E-state index contributed by atoms with van der Waals surface area (Å²) in [6, 6.07) is 8.71. The maximum Gasteiger partial charge on any atom is 0.494 e. The van der Waals surface area contributed by atoms with E-state index in [-0.39, 0.29) is 30.2 Å². The molecule has 0 N–H and O–H groups in total. The van der Waals surface area contributed by atoms with Gasteiger partial charge in [0.05, 0.1) is 24.2 Å². The summed E-state index contributed by atoms with van der Waals surface area (Å²) in [4.78, 5) is 11.8. The summed E-state index contributed by atoms with van der Waals surface area (Å²) < 4.78 is 17.2. The number of carbonyl (C=O) groups excluding carboxylic acids is 1. The first-order chi connectivity index (χ1) is 12.6. The van der Waals surface area contributed by atoms with Gasteiger partial charge in [0.15, 0.2) is 0 Å². The van der Waals surface area contributed by atoms with Crippen molar-refractivity contribution in [3.63, 3.8) is 0 Å². The van der Waals surface area contributed by atoms with Crippen LogP contribution in [0.25, 0.3) is 0 Å². The maximum atomic E-state index is 11.8. The molecular formula is C22H33BO4. The first-order valence-corrected chi connectivity index (χ1v) is 10.2. The Morgan fingerprint density at radius 1 is 1.04 bits per heavy atom. The molecule has 0 aromatic heterocycles. The molecule has 2 aliphatic rings. The van der Waals surface area contributed by atoms with E-state index in [0.717, 1.165) is 31.1 Å². The molecule has 1 atom stereocenters. The molecule has 27 heavy (non-hydrogen) atoms. The molecule has 148 valence electrons. The van der Waals surface area contributed by atoms with Crippen molar-refractivity contribution in [2.24, 2.45) is 11.8 Å². The Morgan fingerprint density at radius 2 is 1.56 bits per heavy atom. The third kappa shape index (κ3) is 4.09. The van der Waals surface area contributed by atoms with Crippen LogP contribution in [0.2, 0.25) is 0 Å². The fourth-order valence-electron chi connectivity index (χ4n) is 4.24. The molecule has 1 aromatic carbocycles. The summed E-state index contributed by atoms with van der Waals surface area (Å²) in [7, 11) is 1.17. The minimum absolute atomic E-state index is 0.00157. The van der Waals surface area contributed by atoms with Crippen LogP contribution in [0, 0.1) is 11.8 Å². The van der Waals surface area contributed by atoms with Gasteiger partial charge in [-0.1, -0.05) is 31.2 Å². The van der Waals surface area contributed by atoms with Crippen LogP contribution in [-0.2, 0) is 18.8 Å². The van der Waals surface area contributed by atoms with Crippen molar-refractivity contribution >= 4 is 18.6 Å². The largest absolute Gasteiger partial charge is 0.494 e. The summed E-state index contributed by atoms with van der Waals surface area (Å²) >= 11 is 0. The van der Waals surface area contributed by atoms with Crippen LogP contribution < -0.4 is 5.46 Å². The first-order valence-electron chi connectivity index (χ1n) is 10.2. The molecule has 4 nitrogen and oxygen atoms in total. The smallest absolute Gasteiger partial charge is 0.469 e. The maximum absolute atomic E-state index is 11.8. The third-order valence-corrected chi connectivity index (χ3v) is 6.99. The van der Waals surface area contributed by atoms with Crippen molar-refractivity contribution in [3.8, 4) is 0 Å². The Morgan fingerprint density at radius 3 is 2.04 bits per heavy atom. The van der Waals surface area contributed by atoms with Gasteiger partial charge in [-0.2, -0.15) is 0 Å². The van der Waals surface area contributed by atoms with Crippen molar-refractivity contribution < 1.29 is 18.8 Å². The Kier molecular flexibility index (Phi) is 5.74. The molecule has 1 aliphatic carbocycles. The van der Waals surface area contributed by atoms with Gasteiger partial charge in [-0.05, 0) is 76.2 Å². The second-order valence-corrected chi connectivity index (χ2v) is 9.18. The van der Waals surface area contributed by atoms with Gasteiger partial charge in [0.1, 0.15) is 0 Å². The number of hydrogen-bond acceptors (Lipinski definition) is 4. The van der Waals surface area contributed by atoms with Gasteiger partial charge in [-0.25, -0.2) is 0 Å². The average molecular weight is 372 g/mol. The minimum atomic E-state index is -0.314. The average Bonchev–Trinajstić information content (AvgIpc) is 2.88. The SMILES string of the molecule is COC(=O)C(C)[C@H]1CC[C@H](c2ccc(B3OC(C)(C)C(C)(C)O3)cc2)CC1. The van der Waals surface area contributed by atoms with Crippen LogP contribution in [0.5, 0.6) is 0 Å². The van der Waals surface area contributed by atoms with E-state index in [1.54, 1.807) is 0 Å². The Labute approximate surface area is 164 Å². The van der Waals surface area contributed by atoms with Crippen LogP contribution in [0.4, 0.5) is 0 Å². The van der Waals surface area contributed by atoms with E-state index >= 15 is 0 Å². The lowest BCUT2D eigenvalue weighted by atomic mass is 9.73. The predicted octanol–water partition coefficient (Wildman–Crippen LogP) is 4.07. The zero-order valence-corrected chi connectivity index (χ0v) is 17.6. The van der Waals surface area contributed by atoms with Gasteiger partial charge in [0.25, 0.3) is 0 Å². The fourth-order valence-corrected chi connectivity index (χ4v) is 4.24. The molecule has 1 saturated carbocycles. The molecule has 1 aromatic rings. The van der Waals surface area contributed by atoms with E-state index in [0.29, 0.717) is 11.8 Å². The lowest BCUT2D eigenvalue weighted by Crippen LogP contribution is -2.41. The monoisotopic (exact) mass is 372 g/mol. The molecule has 0 spiro atoms. The highest BCUT2D eigenvalue weighted by Gasteiger charge is 2.51. The number of ether oxygens (including phenoxy) is 1. The molecule has 5 heteroatoms. The van der Waals surface area contributed by atoms with Gasteiger partial charge >= 0.3 is 13.1 Å². The van der Waals surface area contributed by atoms with Gasteiger partial charge in [-0.3, -0.25) is 4.79 Å². The number of benzene rings is 1. The quantitative estimate of drug-likeness (QED) is 0.590. The molecular weight excluding hydrogens is 339 g/mol. The molecule has 0 radical (unpaired) electrons. The molecule has 1 heterocycles. The Hall–Kier alpha value is -1.33. The lowest BCUT2D eigenvalue weighted by Gasteiger charge is -2.32. The van der Waals surface area contributed by atoms with Crippen LogP contribution in [0.15, 0.2) is 24.3 Å². The molecule has 3 rings (SSSR count). The van der Waals surface area contributed by atoms with Gasteiger partial charge < -0.3 is 14.0 Å². The van der Waals surface area contributed by atoms with E-state index in [9.17, 15) is 4.79 Å². The van der Waals surface area contributed by atoms with E-state index in [4.69, 9.17) is 14.0 Å². The predicted molar refractivity (Wildman–Crippen MR) is 108 cm³/mol. The van der Waals surface area contributed by atoms with Crippen LogP contribution in [0.3, 0.4) is 0 Å².